The Morgan fingerprint density at radius 3 is 2.37 bits per heavy atom. The van der Waals surface area contributed by atoms with Gasteiger partial charge in [0.15, 0.2) is 0 Å². The number of benzene rings is 2. The number of nitrogens with one attached hydrogen (secondary N) is 1. The summed E-state index contributed by atoms with van der Waals surface area (Å²) < 4.78 is 30.3. The molecule has 2 aromatic carbocycles. The summed E-state index contributed by atoms with van der Waals surface area (Å²) >= 11 is 5.75. The zero-order valence-corrected chi connectivity index (χ0v) is 21.8. The first kappa shape index (κ1) is 28.9. The van der Waals surface area contributed by atoms with E-state index in [-0.39, 0.29) is 53.7 Å². The van der Waals surface area contributed by atoms with Crippen LogP contribution in [0.4, 0.5) is 10.1 Å². The number of hydrogen-bond donors (Lipinski definition) is 3. The van der Waals surface area contributed by atoms with Gasteiger partial charge < -0.3 is 15.5 Å². The van der Waals surface area contributed by atoms with Gasteiger partial charge in [-0.3, -0.25) is 14.6 Å². The van der Waals surface area contributed by atoms with Crippen LogP contribution in [0.2, 0.25) is 5.02 Å². The topological polar surface area (TPSA) is 129 Å². The smallest absolute Gasteiger partial charge is 0.286 e. The summed E-state index contributed by atoms with van der Waals surface area (Å²) in [4.78, 5) is 29.2. The lowest BCUT2D eigenvalue weighted by Crippen LogP contribution is -2.15. The SMILES string of the molecule is O=C(N=S(=O)(CCCO)CCCO)c1cncc(C#Cc2cccc(NC(=O)c3ccc(F)c(Cl)c3)c2)c1. The Hall–Kier alpha value is -3.62. The average molecular weight is 558 g/mol. The van der Waals surface area contributed by atoms with Crippen LogP contribution in [0, 0.1) is 17.7 Å². The molecule has 3 rings (SSSR count). The van der Waals surface area contributed by atoms with E-state index in [4.69, 9.17) is 21.8 Å². The standard InChI is InChI=1S/C27H25ClFN3O5S/c28-24-16-21(8-9-25(24)29)26(35)31-23-5-1-4-19(15-23)6-7-20-14-22(18-30-17-20)27(36)32-38(37,12-2-10-33)13-3-11-34/h1,4-5,8-9,14-18,33-34H,2-3,10-13H2,(H,31,35). The van der Waals surface area contributed by atoms with Crippen LogP contribution in [0.1, 0.15) is 44.7 Å². The van der Waals surface area contributed by atoms with Crippen molar-refractivity contribution in [2.45, 2.75) is 12.8 Å². The number of nitrogens with zero attached hydrogens (tertiary/aromatic N) is 2. The highest BCUT2D eigenvalue weighted by atomic mass is 35.5. The number of carbonyl (C=O) groups excluding carboxylic acids is 2. The number of pyridine rings is 1. The van der Waals surface area contributed by atoms with E-state index in [0.717, 1.165) is 6.07 Å². The Morgan fingerprint density at radius 2 is 1.68 bits per heavy atom. The van der Waals surface area contributed by atoms with Crippen molar-refractivity contribution >= 4 is 38.8 Å². The molecule has 0 aliphatic carbocycles. The van der Waals surface area contributed by atoms with Crippen molar-refractivity contribution in [3.8, 4) is 11.8 Å². The summed E-state index contributed by atoms with van der Waals surface area (Å²) in [5.74, 6) is 4.12. The molecule has 3 N–H and O–H groups in total. The molecule has 0 aliphatic heterocycles. The normalized spacial score (nSPS) is 10.8. The Labute approximate surface area is 225 Å². The Kier molecular flexibility index (Phi) is 10.5. The van der Waals surface area contributed by atoms with Crippen molar-refractivity contribution in [2.75, 3.05) is 30.0 Å². The molecule has 0 radical (unpaired) electrons. The Bertz CT molecular complexity index is 1500. The van der Waals surface area contributed by atoms with Crippen LogP contribution in [0.25, 0.3) is 0 Å². The van der Waals surface area contributed by atoms with E-state index in [1.807, 2.05) is 0 Å². The predicted molar refractivity (Wildman–Crippen MR) is 144 cm³/mol. The molecule has 0 unspecified atom stereocenters. The van der Waals surface area contributed by atoms with Crippen LogP contribution < -0.4 is 5.32 Å². The number of anilines is 1. The Morgan fingerprint density at radius 1 is 0.974 bits per heavy atom. The quantitative estimate of drug-likeness (QED) is 0.342. The number of halogens is 2. The number of aliphatic hydroxyl groups is 2. The molecular formula is C27H25ClFN3O5S. The molecular weight excluding hydrogens is 533 g/mol. The Balaban J connectivity index is 1.77. The highest BCUT2D eigenvalue weighted by Gasteiger charge is 2.14. The zero-order valence-electron chi connectivity index (χ0n) is 20.2. The van der Waals surface area contributed by atoms with Gasteiger partial charge in [0, 0.05) is 59.5 Å². The summed E-state index contributed by atoms with van der Waals surface area (Å²) in [7, 11) is -2.94. The fourth-order valence-corrected chi connectivity index (χ4v) is 5.40. The summed E-state index contributed by atoms with van der Waals surface area (Å²) in [6, 6.07) is 11.9. The second-order valence-corrected chi connectivity index (χ2v) is 11.1. The fraction of sp³-hybridized carbons (Fsp3) is 0.222. The second kappa shape index (κ2) is 13.8. The summed E-state index contributed by atoms with van der Waals surface area (Å²) in [6.45, 7) is -0.365. The van der Waals surface area contributed by atoms with Gasteiger partial charge in [0.2, 0.25) is 0 Å². The van der Waals surface area contributed by atoms with E-state index >= 15 is 0 Å². The minimum atomic E-state index is -2.94. The molecule has 38 heavy (non-hydrogen) atoms. The number of amides is 2. The molecule has 198 valence electrons. The van der Waals surface area contributed by atoms with Crippen LogP contribution in [-0.4, -0.2) is 55.9 Å². The second-order valence-electron chi connectivity index (χ2n) is 8.11. The van der Waals surface area contributed by atoms with Crippen LogP contribution in [0.5, 0.6) is 0 Å². The van der Waals surface area contributed by atoms with Gasteiger partial charge in [0.1, 0.15) is 5.82 Å². The van der Waals surface area contributed by atoms with Gasteiger partial charge in [0.25, 0.3) is 11.8 Å². The van der Waals surface area contributed by atoms with E-state index < -0.39 is 27.4 Å². The van der Waals surface area contributed by atoms with E-state index in [1.54, 1.807) is 24.3 Å². The average Bonchev–Trinajstić information content (AvgIpc) is 2.91. The summed E-state index contributed by atoms with van der Waals surface area (Å²) in [5.41, 5.74) is 1.75. The number of aromatic nitrogens is 1. The maximum Gasteiger partial charge on any atom is 0.286 e. The molecule has 0 fully saturated rings. The molecule has 2 amide bonds. The lowest BCUT2D eigenvalue weighted by Gasteiger charge is -2.08. The minimum Gasteiger partial charge on any atom is -0.396 e. The van der Waals surface area contributed by atoms with Crippen molar-refractivity contribution in [3.63, 3.8) is 0 Å². The molecule has 1 heterocycles. The molecule has 3 aromatic rings. The number of aliphatic hydroxyl groups excluding tert-OH is 2. The number of rotatable bonds is 9. The van der Waals surface area contributed by atoms with Gasteiger partial charge in [-0.05, 0) is 55.3 Å². The lowest BCUT2D eigenvalue weighted by molar-refractivity contribution is 0.100. The molecule has 8 nitrogen and oxygen atoms in total. The fourth-order valence-electron chi connectivity index (χ4n) is 3.26. The van der Waals surface area contributed by atoms with Crippen molar-refractivity contribution < 1.29 is 28.4 Å². The maximum atomic E-state index is 13.4. The largest absolute Gasteiger partial charge is 0.396 e. The van der Waals surface area contributed by atoms with Gasteiger partial charge in [-0.15, -0.1) is 0 Å². The summed E-state index contributed by atoms with van der Waals surface area (Å²) in [6.07, 6.45) is 3.21. The molecule has 0 atom stereocenters. The third-order valence-electron chi connectivity index (χ3n) is 5.13. The van der Waals surface area contributed by atoms with Crippen molar-refractivity contribution in [1.82, 2.24) is 4.98 Å². The molecule has 0 bridgehead atoms. The van der Waals surface area contributed by atoms with Crippen molar-refractivity contribution in [1.29, 1.82) is 0 Å². The predicted octanol–water partition coefficient (Wildman–Crippen LogP) is 3.90. The minimum absolute atomic E-state index is 0.0449. The van der Waals surface area contributed by atoms with Gasteiger partial charge in [-0.1, -0.05) is 29.5 Å². The molecule has 11 heteroatoms. The molecule has 0 spiro atoms. The van der Waals surface area contributed by atoms with Gasteiger partial charge >= 0.3 is 0 Å². The van der Waals surface area contributed by atoms with Crippen LogP contribution in [0.15, 0.2) is 65.3 Å². The van der Waals surface area contributed by atoms with E-state index in [2.05, 4.69) is 26.5 Å². The first-order valence-electron chi connectivity index (χ1n) is 11.5. The highest BCUT2D eigenvalue weighted by Crippen LogP contribution is 2.18. The maximum absolute atomic E-state index is 13.4. The van der Waals surface area contributed by atoms with Gasteiger partial charge in [0.05, 0.1) is 20.3 Å². The van der Waals surface area contributed by atoms with E-state index in [0.29, 0.717) is 16.8 Å². The van der Waals surface area contributed by atoms with Crippen LogP contribution in [-0.2, 0) is 9.73 Å². The van der Waals surface area contributed by atoms with E-state index in [1.165, 1.54) is 30.6 Å². The van der Waals surface area contributed by atoms with E-state index in [9.17, 15) is 18.2 Å². The van der Waals surface area contributed by atoms with Crippen molar-refractivity contribution in [3.05, 3.63) is 94.0 Å². The third-order valence-corrected chi connectivity index (χ3v) is 7.77. The summed E-state index contributed by atoms with van der Waals surface area (Å²) in [5, 5.41) is 20.7. The third kappa shape index (κ3) is 8.46. The monoisotopic (exact) mass is 557 g/mol. The first-order chi connectivity index (χ1) is 18.2. The molecule has 0 aliphatic rings. The van der Waals surface area contributed by atoms with Gasteiger partial charge in [-0.2, -0.15) is 4.36 Å². The molecule has 0 saturated heterocycles. The zero-order chi connectivity index (χ0) is 27.5. The number of hydrogen-bond acceptors (Lipinski definition) is 6. The van der Waals surface area contributed by atoms with Crippen molar-refractivity contribution in [2.24, 2.45) is 4.36 Å². The first-order valence-corrected chi connectivity index (χ1v) is 13.8. The molecule has 1 aromatic heterocycles. The highest BCUT2D eigenvalue weighted by molar-refractivity contribution is 7.93. The lowest BCUT2D eigenvalue weighted by atomic mass is 10.1. The van der Waals surface area contributed by atoms with Crippen LogP contribution in [0.3, 0.4) is 0 Å². The molecule has 0 saturated carbocycles. The van der Waals surface area contributed by atoms with Crippen LogP contribution >= 0.6 is 11.6 Å². The number of carbonyl (C=O) groups is 2. The van der Waals surface area contributed by atoms with Gasteiger partial charge in [-0.25, -0.2) is 8.60 Å².